The molecule has 0 fully saturated rings. The molecule has 0 heterocycles. The minimum atomic E-state index is 0.404. The molecule has 1 unspecified atom stereocenters. The number of hydrogen-bond donors (Lipinski definition) is 0. The number of unbranched alkanes of at least 4 members (excludes halogenated alkanes) is 5. The summed E-state index contributed by atoms with van der Waals surface area (Å²) < 4.78 is 6.09. The first-order valence-electron chi connectivity index (χ1n) is 9.09. The molecule has 0 saturated carbocycles. The van der Waals surface area contributed by atoms with Gasteiger partial charge in [0.2, 0.25) is 0 Å². The van der Waals surface area contributed by atoms with E-state index in [1.165, 1.54) is 70.8 Å². The number of allylic oxidation sites excluding steroid dienone is 1. The van der Waals surface area contributed by atoms with Crippen LogP contribution in [0.3, 0.4) is 0 Å². The molecule has 0 aliphatic carbocycles. The first-order valence-corrected chi connectivity index (χ1v) is 9.09. The number of rotatable bonds is 15. The summed E-state index contributed by atoms with van der Waals surface area (Å²) >= 11 is 0. The lowest BCUT2D eigenvalue weighted by Crippen LogP contribution is -2.13. The summed E-state index contributed by atoms with van der Waals surface area (Å²) in [6, 6.07) is 0. The molecule has 1 atom stereocenters. The van der Waals surface area contributed by atoms with Crippen LogP contribution in [0, 0.1) is 0 Å². The second-order valence-electron chi connectivity index (χ2n) is 6.53. The van der Waals surface area contributed by atoms with Crippen LogP contribution in [-0.2, 0) is 4.74 Å². The van der Waals surface area contributed by atoms with Crippen molar-refractivity contribution in [2.45, 2.75) is 90.6 Å². The lowest BCUT2D eigenvalue weighted by atomic mass is 10.1. The largest absolute Gasteiger partial charge is 0.495 e. The normalized spacial score (nSPS) is 12.6. The molecule has 0 aromatic rings. The number of hydrogen-bond acceptors (Lipinski definition) is 2. The molecular weight excluding hydrogens is 258 g/mol. The van der Waals surface area contributed by atoms with E-state index >= 15 is 0 Å². The smallest absolute Gasteiger partial charge is 0.0982 e. The zero-order chi connectivity index (χ0) is 15.9. The van der Waals surface area contributed by atoms with Crippen LogP contribution in [0.15, 0.2) is 12.3 Å². The average molecular weight is 298 g/mol. The van der Waals surface area contributed by atoms with Crippen LogP contribution >= 0.6 is 0 Å². The van der Waals surface area contributed by atoms with Gasteiger partial charge < -0.3 is 9.64 Å². The van der Waals surface area contributed by atoms with Crippen molar-refractivity contribution in [1.29, 1.82) is 0 Å². The van der Waals surface area contributed by atoms with E-state index in [0.717, 1.165) is 12.2 Å². The van der Waals surface area contributed by atoms with Gasteiger partial charge in [0.05, 0.1) is 11.9 Å². The molecule has 0 aromatic heterocycles. The zero-order valence-corrected chi connectivity index (χ0v) is 15.1. The van der Waals surface area contributed by atoms with Gasteiger partial charge in [0.15, 0.2) is 0 Å². The molecular formula is C19H39NO. The van der Waals surface area contributed by atoms with Crippen molar-refractivity contribution < 1.29 is 4.74 Å². The second kappa shape index (κ2) is 14.4. The standard InChI is InChI=1S/C19H39NO/c1-6-8-9-12-16-19(14-7-2)21-18(3)15-11-10-13-17-20(4)5/h19H,3,6-17H2,1-2,4-5H3. The Balaban J connectivity index is 3.73. The maximum atomic E-state index is 6.09. The minimum Gasteiger partial charge on any atom is -0.495 e. The predicted molar refractivity (Wildman–Crippen MR) is 94.7 cm³/mol. The summed E-state index contributed by atoms with van der Waals surface area (Å²) in [4.78, 5) is 2.25. The lowest BCUT2D eigenvalue weighted by molar-refractivity contribution is 0.0913. The van der Waals surface area contributed by atoms with Crippen molar-refractivity contribution in [2.24, 2.45) is 0 Å². The van der Waals surface area contributed by atoms with Gasteiger partial charge in [-0.2, -0.15) is 0 Å². The van der Waals surface area contributed by atoms with Crippen LogP contribution in [-0.4, -0.2) is 31.6 Å². The van der Waals surface area contributed by atoms with E-state index in [1.54, 1.807) is 0 Å². The molecule has 0 bridgehead atoms. The molecule has 21 heavy (non-hydrogen) atoms. The SMILES string of the molecule is C=C(CCCCCN(C)C)OC(CCC)CCCCCC. The fourth-order valence-electron chi connectivity index (χ4n) is 2.60. The Bertz CT molecular complexity index is 238. The molecule has 126 valence electrons. The summed E-state index contributed by atoms with van der Waals surface area (Å²) in [7, 11) is 4.27. The third-order valence-corrected chi connectivity index (χ3v) is 3.88. The van der Waals surface area contributed by atoms with Crippen LogP contribution in [0.4, 0.5) is 0 Å². The molecule has 0 spiro atoms. The van der Waals surface area contributed by atoms with Crippen molar-refractivity contribution in [3.63, 3.8) is 0 Å². The number of nitrogens with zero attached hydrogens (tertiary/aromatic N) is 1. The van der Waals surface area contributed by atoms with Crippen molar-refractivity contribution in [1.82, 2.24) is 4.90 Å². The van der Waals surface area contributed by atoms with Gasteiger partial charge in [0, 0.05) is 6.42 Å². The quantitative estimate of drug-likeness (QED) is 0.281. The van der Waals surface area contributed by atoms with Gasteiger partial charge in [-0.3, -0.25) is 0 Å². The van der Waals surface area contributed by atoms with Crippen LogP contribution in [0.1, 0.15) is 84.5 Å². The van der Waals surface area contributed by atoms with Gasteiger partial charge in [-0.15, -0.1) is 0 Å². The summed E-state index contributed by atoms with van der Waals surface area (Å²) in [5.74, 6) is 1.01. The molecule has 0 saturated heterocycles. The summed E-state index contributed by atoms with van der Waals surface area (Å²) in [6.07, 6.45) is 14.1. The molecule has 0 aromatic carbocycles. The van der Waals surface area contributed by atoms with Gasteiger partial charge >= 0.3 is 0 Å². The van der Waals surface area contributed by atoms with Gasteiger partial charge in [0.25, 0.3) is 0 Å². The highest BCUT2D eigenvalue weighted by atomic mass is 16.5. The summed E-state index contributed by atoms with van der Waals surface area (Å²) in [5.41, 5.74) is 0. The van der Waals surface area contributed by atoms with Gasteiger partial charge in [-0.1, -0.05) is 52.5 Å². The van der Waals surface area contributed by atoms with Crippen molar-refractivity contribution in [3.05, 3.63) is 12.3 Å². The molecule has 0 radical (unpaired) electrons. The third kappa shape index (κ3) is 14.2. The second-order valence-corrected chi connectivity index (χ2v) is 6.53. The third-order valence-electron chi connectivity index (χ3n) is 3.88. The van der Waals surface area contributed by atoms with E-state index in [-0.39, 0.29) is 0 Å². The molecule has 0 amide bonds. The highest BCUT2D eigenvalue weighted by Gasteiger charge is 2.10. The van der Waals surface area contributed by atoms with Crippen molar-refractivity contribution in [2.75, 3.05) is 20.6 Å². The minimum absolute atomic E-state index is 0.404. The topological polar surface area (TPSA) is 12.5 Å². The zero-order valence-electron chi connectivity index (χ0n) is 15.1. The van der Waals surface area contributed by atoms with E-state index < -0.39 is 0 Å². The maximum Gasteiger partial charge on any atom is 0.0982 e. The molecule has 0 N–H and O–H groups in total. The highest BCUT2D eigenvalue weighted by molar-refractivity contribution is 4.84. The Morgan fingerprint density at radius 2 is 1.62 bits per heavy atom. The summed E-state index contributed by atoms with van der Waals surface area (Å²) in [6.45, 7) is 9.81. The van der Waals surface area contributed by atoms with Crippen molar-refractivity contribution in [3.8, 4) is 0 Å². The van der Waals surface area contributed by atoms with Gasteiger partial charge in [-0.25, -0.2) is 0 Å². The van der Waals surface area contributed by atoms with E-state index in [9.17, 15) is 0 Å². The Kier molecular flexibility index (Phi) is 14.1. The van der Waals surface area contributed by atoms with Crippen LogP contribution in [0.25, 0.3) is 0 Å². The van der Waals surface area contributed by atoms with E-state index in [2.05, 4.69) is 39.4 Å². The number of ether oxygens (including phenoxy) is 1. The molecule has 2 heteroatoms. The Labute approximate surface area is 133 Å². The lowest BCUT2D eigenvalue weighted by Gasteiger charge is -2.20. The first kappa shape index (κ1) is 20.5. The van der Waals surface area contributed by atoms with E-state index in [4.69, 9.17) is 4.74 Å². The predicted octanol–water partition coefficient (Wildman–Crippen LogP) is 5.78. The fourth-order valence-corrected chi connectivity index (χ4v) is 2.60. The maximum absolute atomic E-state index is 6.09. The molecule has 0 aliphatic heterocycles. The van der Waals surface area contributed by atoms with Gasteiger partial charge in [0.1, 0.15) is 0 Å². The van der Waals surface area contributed by atoms with Gasteiger partial charge in [-0.05, 0) is 52.7 Å². The van der Waals surface area contributed by atoms with E-state index in [0.29, 0.717) is 6.10 Å². The fraction of sp³-hybridized carbons (Fsp3) is 0.895. The van der Waals surface area contributed by atoms with E-state index in [1.807, 2.05) is 0 Å². The monoisotopic (exact) mass is 297 g/mol. The van der Waals surface area contributed by atoms with Crippen molar-refractivity contribution >= 4 is 0 Å². The Morgan fingerprint density at radius 1 is 0.905 bits per heavy atom. The first-order chi connectivity index (χ1) is 10.1. The van der Waals surface area contributed by atoms with Crippen LogP contribution in [0.2, 0.25) is 0 Å². The molecule has 0 rings (SSSR count). The Morgan fingerprint density at radius 3 is 2.24 bits per heavy atom. The Hall–Kier alpha value is -0.500. The molecule has 0 aliphatic rings. The van der Waals surface area contributed by atoms with Crippen LogP contribution < -0.4 is 0 Å². The van der Waals surface area contributed by atoms with Crippen LogP contribution in [0.5, 0.6) is 0 Å². The summed E-state index contributed by atoms with van der Waals surface area (Å²) in [5, 5.41) is 0. The highest BCUT2D eigenvalue weighted by Crippen LogP contribution is 2.18. The average Bonchev–Trinajstić information content (AvgIpc) is 2.43. The molecule has 2 nitrogen and oxygen atoms in total.